The van der Waals surface area contributed by atoms with Crippen molar-refractivity contribution in [3.8, 4) is 5.75 Å². The van der Waals surface area contributed by atoms with E-state index in [1.54, 1.807) is 13.3 Å². The van der Waals surface area contributed by atoms with Crippen LogP contribution in [0.15, 0.2) is 48.7 Å². The molecule has 4 atom stereocenters. The van der Waals surface area contributed by atoms with Crippen molar-refractivity contribution in [3.05, 3.63) is 59.9 Å². The van der Waals surface area contributed by atoms with Crippen LogP contribution < -0.4 is 4.74 Å². The van der Waals surface area contributed by atoms with Crippen LogP contribution in [0.1, 0.15) is 47.8 Å². The number of aromatic nitrogens is 1. The van der Waals surface area contributed by atoms with Gasteiger partial charge in [-0.1, -0.05) is 18.2 Å². The van der Waals surface area contributed by atoms with Crippen molar-refractivity contribution in [1.29, 1.82) is 0 Å². The van der Waals surface area contributed by atoms with Gasteiger partial charge >= 0.3 is 0 Å². The topological polar surface area (TPSA) is 45.7 Å². The Morgan fingerprint density at radius 3 is 2.69 bits per heavy atom. The van der Waals surface area contributed by atoms with Gasteiger partial charge < -0.3 is 9.64 Å². The fourth-order valence-electron chi connectivity index (χ4n) is 5.81. The molecule has 2 aromatic rings. The highest BCUT2D eigenvalue weighted by molar-refractivity contribution is 5.92. The van der Waals surface area contributed by atoms with Gasteiger partial charge in [0.25, 0.3) is 5.91 Å². The van der Waals surface area contributed by atoms with Crippen LogP contribution in [-0.2, 0) is 0 Å². The first kappa shape index (κ1) is 18.6. The number of likely N-dealkylation sites (tertiary alicyclic amines) is 1. The van der Waals surface area contributed by atoms with Crippen LogP contribution in [-0.4, -0.2) is 53.5 Å². The molecule has 29 heavy (non-hydrogen) atoms. The molecule has 0 N–H and O–H groups in total. The minimum atomic E-state index is 0.0938. The number of benzene rings is 1. The largest absolute Gasteiger partial charge is 0.497 e. The second-order valence-electron chi connectivity index (χ2n) is 8.77. The fourth-order valence-corrected chi connectivity index (χ4v) is 5.81. The van der Waals surface area contributed by atoms with Crippen LogP contribution in [0.25, 0.3) is 0 Å². The molecule has 152 valence electrons. The number of hydrogen-bond acceptors (Lipinski definition) is 4. The number of hydrogen-bond donors (Lipinski definition) is 0. The van der Waals surface area contributed by atoms with Gasteiger partial charge in [0.05, 0.1) is 7.11 Å². The Morgan fingerprint density at radius 2 is 1.93 bits per heavy atom. The SMILES string of the molecule is COc1ccc([C@H]2CCC[C@H]3[C@@H]4C[C@@H](CN(C(=O)c5ccccn5)C4)CN23)cc1. The normalized spacial score (nSPS) is 29.2. The molecule has 2 bridgehead atoms. The van der Waals surface area contributed by atoms with Crippen molar-refractivity contribution in [3.63, 3.8) is 0 Å². The summed E-state index contributed by atoms with van der Waals surface area (Å²) in [5, 5.41) is 0. The number of ether oxygens (including phenoxy) is 1. The lowest BCUT2D eigenvalue weighted by Crippen LogP contribution is -2.60. The summed E-state index contributed by atoms with van der Waals surface area (Å²) in [6.45, 7) is 2.80. The Kier molecular flexibility index (Phi) is 5.00. The summed E-state index contributed by atoms with van der Waals surface area (Å²) < 4.78 is 5.34. The van der Waals surface area contributed by atoms with Crippen LogP contribution in [0.5, 0.6) is 5.75 Å². The van der Waals surface area contributed by atoms with E-state index < -0.39 is 0 Å². The molecule has 3 aliphatic rings. The number of carbonyl (C=O) groups is 1. The maximum atomic E-state index is 13.0. The number of nitrogens with zero attached hydrogens (tertiary/aromatic N) is 3. The third-order valence-corrected chi connectivity index (χ3v) is 7.06. The molecule has 1 aromatic carbocycles. The first-order valence-electron chi connectivity index (χ1n) is 10.8. The average Bonchev–Trinajstić information content (AvgIpc) is 2.79. The highest BCUT2D eigenvalue weighted by atomic mass is 16.5. The van der Waals surface area contributed by atoms with E-state index in [0.717, 1.165) is 25.4 Å². The summed E-state index contributed by atoms with van der Waals surface area (Å²) in [7, 11) is 1.72. The Hall–Kier alpha value is -2.40. The summed E-state index contributed by atoms with van der Waals surface area (Å²) in [5.41, 5.74) is 1.97. The highest BCUT2D eigenvalue weighted by Gasteiger charge is 2.45. The molecule has 5 heteroatoms. The highest BCUT2D eigenvalue weighted by Crippen LogP contribution is 2.44. The zero-order valence-electron chi connectivity index (χ0n) is 17.0. The van der Waals surface area contributed by atoms with Crippen LogP contribution in [0, 0.1) is 11.8 Å². The standard InChI is InChI=1S/C24H29N3O2/c1-29-20-10-8-18(9-11-20)22-6-4-7-23-19-13-17(15-27(22)23)14-26(16-19)24(28)21-5-2-3-12-25-21/h2-3,5,8-12,17,19,22-23H,4,6-7,13-16H2,1H3/t17-,19+,22+,23-/m0/s1. The van der Waals surface area contributed by atoms with E-state index in [0.29, 0.717) is 29.6 Å². The monoisotopic (exact) mass is 391 g/mol. The predicted molar refractivity (Wildman–Crippen MR) is 112 cm³/mol. The molecule has 1 amide bonds. The number of amides is 1. The summed E-state index contributed by atoms with van der Waals surface area (Å²) in [6, 6.07) is 15.3. The van der Waals surface area contributed by atoms with Gasteiger partial charge in [-0.05, 0) is 67.3 Å². The third-order valence-electron chi connectivity index (χ3n) is 7.06. The Morgan fingerprint density at radius 1 is 1.07 bits per heavy atom. The van der Waals surface area contributed by atoms with Crippen molar-refractivity contribution >= 4 is 5.91 Å². The molecule has 0 radical (unpaired) electrons. The lowest BCUT2D eigenvalue weighted by molar-refractivity contribution is -0.0512. The Labute approximate surface area is 172 Å². The van der Waals surface area contributed by atoms with Gasteiger partial charge in [-0.15, -0.1) is 0 Å². The van der Waals surface area contributed by atoms with Gasteiger partial charge in [0.15, 0.2) is 0 Å². The number of carbonyl (C=O) groups excluding carboxylic acids is 1. The summed E-state index contributed by atoms with van der Waals surface area (Å²) in [4.78, 5) is 22.1. The summed E-state index contributed by atoms with van der Waals surface area (Å²) in [6.07, 6.45) is 6.69. The Balaban J connectivity index is 1.34. The van der Waals surface area contributed by atoms with Crippen molar-refractivity contribution in [1.82, 2.24) is 14.8 Å². The van der Waals surface area contributed by atoms with Gasteiger partial charge in [-0.25, -0.2) is 0 Å². The van der Waals surface area contributed by atoms with E-state index in [1.165, 1.54) is 31.2 Å². The molecule has 3 saturated heterocycles. The molecular weight excluding hydrogens is 362 g/mol. The van der Waals surface area contributed by atoms with E-state index in [4.69, 9.17) is 4.74 Å². The molecule has 4 heterocycles. The molecule has 0 saturated carbocycles. The molecule has 3 aliphatic heterocycles. The maximum absolute atomic E-state index is 13.0. The van der Waals surface area contributed by atoms with Crippen LogP contribution >= 0.6 is 0 Å². The van der Waals surface area contributed by atoms with Crippen molar-refractivity contribution in [2.45, 2.75) is 37.8 Å². The number of methoxy groups -OCH3 is 1. The van der Waals surface area contributed by atoms with E-state index >= 15 is 0 Å². The molecule has 5 rings (SSSR count). The van der Waals surface area contributed by atoms with E-state index in [1.807, 2.05) is 18.2 Å². The molecule has 5 nitrogen and oxygen atoms in total. The van der Waals surface area contributed by atoms with E-state index in [2.05, 4.69) is 39.0 Å². The molecular formula is C24H29N3O2. The van der Waals surface area contributed by atoms with Crippen LogP contribution in [0.3, 0.4) is 0 Å². The number of fused-ring (bicyclic) bond motifs is 4. The van der Waals surface area contributed by atoms with E-state index in [-0.39, 0.29) is 5.91 Å². The van der Waals surface area contributed by atoms with Crippen molar-refractivity contribution in [2.75, 3.05) is 26.7 Å². The molecule has 0 aliphatic carbocycles. The van der Waals surface area contributed by atoms with Gasteiger partial charge in [0.1, 0.15) is 11.4 Å². The zero-order valence-corrected chi connectivity index (χ0v) is 17.0. The minimum absolute atomic E-state index is 0.0938. The van der Waals surface area contributed by atoms with Crippen LogP contribution in [0.4, 0.5) is 0 Å². The predicted octanol–water partition coefficient (Wildman–Crippen LogP) is 3.78. The third kappa shape index (κ3) is 3.52. The second-order valence-corrected chi connectivity index (χ2v) is 8.77. The average molecular weight is 392 g/mol. The van der Waals surface area contributed by atoms with Crippen molar-refractivity contribution < 1.29 is 9.53 Å². The number of pyridine rings is 1. The number of piperidine rings is 3. The summed E-state index contributed by atoms with van der Waals surface area (Å²) >= 11 is 0. The Bertz CT molecular complexity index is 854. The van der Waals surface area contributed by atoms with Crippen LogP contribution in [0.2, 0.25) is 0 Å². The van der Waals surface area contributed by atoms with Gasteiger partial charge in [-0.3, -0.25) is 14.7 Å². The first-order chi connectivity index (χ1) is 14.2. The second kappa shape index (κ2) is 7.79. The summed E-state index contributed by atoms with van der Waals surface area (Å²) in [5.74, 6) is 2.13. The van der Waals surface area contributed by atoms with Gasteiger partial charge in [0, 0.05) is 37.9 Å². The number of rotatable bonds is 3. The lowest BCUT2D eigenvalue weighted by Gasteiger charge is -2.55. The van der Waals surface area contributed by atoms with Gasteiger partial charge in [0.2, 0.25) is 0 Å². The maximum Gasteiger partial charge on any atom is 0.272 e. The minimum Gasteiger partial charge on any atom is -0.497 e. The fraction of sp³-hybridized carbons (Fsp3) is 0.500. The van der Waals surface area contributed by atoms with Crippen molar-refractivity contribution in [2.24, 2.45) is 11.8 Å². The zero-order chi connectivity index (χ0) is 19.8. The van der Waals surface area contributed by atoms with E-state index in [9.17, 15) is 4.79 Å². The molecule has 3 fully saturated rings. The lowest BCUT2D eigenvalue weighted by atomic mass is 9.74. The van der Waals surface area contributed by atoms with Gasteiger partial charge in [-0.2, -0.15) is 0 Å². The quantitative estimate of drug-likeness (QED) is 0.799. The first-order valence-corrected chi connectivity index (χ1v) is 10.8. The molecule has 0 unspecified atom stereocenters. The molecule has 0 spiro atoms. The molecule has 1 aromatic heterocycles. The smallest absolute Gasteiger partial charge is 0.272 e.